The maximum absolute atomic E-state index is 13.4. The second kappa shape index (κ2) is 7.47. The van der Waals surface area contributed by atoms with E-state index in [1.54, 1.807) is 37.4 Å². The van der Waals surface area contributed by atoms with Gasteiger partial charge in [-0.05, 0) is 48.5 Å². The first-order valence-electron chi connectivity index (χ1n) is 9.94. The van der Waals surface area contributed by atoms with Crippen molar-refractivity contribution in [2.24, 2.45) is 7.05 Å². The maximum atomic E-state index is 13.4. The van der Waals surface area contributed by atoms with Gasteiger partial charge in [-0.2, -0.15) is 13.2 Å². The Balaban J connectivity index is 1.73. The third-order valence-corrected chi connectivity index (χ3v) is 5.45. The number of alkyl halides is 3. The lowest BCUT2D eigenvalue weighted by Crippen LogP contribution is -2.20. The van der Waals surface area contributed by atoms with Crippen LogP contribution in [0.4, 0.5) is 17.6 Å². The molecular formula is C24H16F4N4O. The number of H-pyrrole nitrogens is 1. The molecule has 0 spiro atoms. The van der Waals surface area contributed by atoms with E-state index in [1.807, 2.05) is 18.2 Å². The van der Waals surface area contributed by atoms with Gasteiger partial charge in [0.15, 0.2) is 0 Å². The number of hydrogen-bond donors (Lipinski definition) is 1. The molecule has 166 valence electrons. The highest BCUT2D eigenvalue weighted by atomic mass is 19.4. The molecule has 2 aromatic heterocycles. The Bertz CT molecular complexity index is 1530. The molecule has 0 atom stereocenters. The molecule has 0 aliphatic carbocycles. The monoisotopic (exact) mass is 452 g/mol. The van der Waals surface area contributed by atoms with Gasteiger partial charge >= 0.3 is 11.9 Å². The van der Waals surface area contributed by atoms with Gasteiger partial charge < -0.3 is 4.98 Å². The summed E-state index contributed by atoms with van der Waals surface area (Å²) in [6.45, 7) is 0. The summed E-state index contributed by atoms with van der Waals surface area (Å²) >= 11 is 0. The molecule has 0 aliphatic heterocycles. The molecule has 9 heteroatoms. The van der Waals surface area contributed by atoms with E-state index in [-0.39, 0.29) is 17.1 Å². The van der Waals surface area contributed by atoms with Crippen molar-refractivity contribution in [3.05, 3.63) is 94.9 Å². The van der Waals surface area contributed by atoms with E-state index >= 15 is 0 Å². The average Bonchev–Trinajstić information content (AvgIpc) is 3.35. The molecule has 0 fully saturated rings. The minimum Gasteiger partial charge on any atom is -0.334 e. The molecule has 1 N–H and O–H groups in total. The summed E-state index contributed by atoms with van der Waals surface area (Å²) in [5, 5.41) is 0. The van der Waals surface area contributed by atoms with E-state index in [9.17, 15) is 22.4 Å². The van der Waals surface area contributed by atoms with E-state index in [2.05, 4.69) is 9.97 Å². The van der Waals surface area contributed by atoms with Crippen LogP contribution >= 0.6 is 0 Å². The average molecular weight is 452 g/mol. The molecule has 0 unspecified atom stereocenters. The summed E-state index contributed by atoms with van der Waals surface area (Å²) in [4.78, 5) is 19.0. The predicted octanol–water partition coefficient (Wildman–Crippen LogP) is 5.54. The molecule has 0 radical (unpaired) electrons. The van der Waals surface area contributed by atoms with Gasteiger partial charge in [0, 0.05) is 18.2 Å². The van der Waals surface area contributed by atoms with Crippen molar-refractivity contribution in [1.29, 1.82) is 0 Å². The molecule has 33 heavy (non-hydrogen) atoms. The largest absolute Gasteiger partial charge is 0.449 e. The molecule has 3 aromatic carbocycles. The van der Waals surface area contributed by atoms with E-state index in [0.717, 1.165) is 0 Å². The fraction of sp³-hybridized carbons (Fsp3) is 0.0833. The van der Waals surface area contributed by atoms with Gasteiger partial charge in [0.05, 0.1) is 28.1 Å². The summed E-state index contributed by atoms with van der Waals surface area (Å²) in [6.07, 6.45) is -4.69. The van der Waals surface area contributed by atoms with Gasteiger partial charge in [-0.15, -0.1) is 0 Å². The van der Waals surface area contributed by atoms with Crippen molar-refractivity contribution in [2.75, 3.05) is 0 Å². The number of aryl methyl sites for hydroxylation is 1. The van der Waals surface area contributed by atoms with E-state index < -0.39 is 17.8 Å². The van der Waals surface area contributed by atoms with Crippen molar-refractivity contribution >= 4 is 11.0 Å². The topological polar surface area (TPSA) is 55.6 Å². The van der Waals surface area contributed by atoms with E-state index in [0.29, 0.717) is 27.8 Å². The standard InChI is InChI=1S/C24H16F4N4O/c1-31-19-13-15(9-12-18(19)32(23(31)33)17-5-3-2-4-6-17)21-20(14-7-10-16(25)11-8-14)29-22(30-21)24(26,27)28/h2-13H,1H3,(H,29,30). The van der Waals surface area contributed by atoms with Gasteiger partial charge in [-0.25, -0.2) is 14.2 Å². The molecule has 0 bridgehead atoms. The van der Waals surface area contributed by atoms with Crippen LogP contribution in [0.3, 0.4) is 0 Å². The first-order chi connectivity index (χ1) is 15.7. The van der Waals surface area contributed by atoms with Gasteiger partial charge in [-0.1, -0.05) is 24.3 Å². The zero-order valence-electron chi connectivity index (χ0n) is 17.2. The second-order valence-electron chi connectivity index (χ2n) is 7.53. The maximum Gasteiger partial charge on any atom is 0.449 e. The van der Waals surface area contributed by atoms with Crippen molar-refractivity contribution in [2.45, 2.75) is 6.18 Å². The number of hydrogen-bond acceptors (Lipinski definition) is 2. The first-order valence-corrected chi connectivity index (χ1v) is 9.94. The minimum absolute atomic E-state index is 0.0516. The normalized spacial score (nSPS) is 11.9. The summed E-state index contributed by atoms with van der Waals surface area (Å²) in [6, 6.07) is 19.1. The number of para-hydroxylation sites is 1. The van der Waals surface area contributed by atoms with Crippen molar-refractivity contribution in [3.8, 4) is 28.2 Å². The number of imidazole rings is 2. The number of nitrogens with one attached hydrogen (secondary N) is 1. The lowest BCUT2D eigenvalue weighted by molar-refractivity contribution is -0.144. The number of aromatic amines is 1. The molecule has 0 aliphatic rings. The lowest BCUT2D eigenvalue weighted by Gasteiger charge is -2.06. The van der Waals surface area contributed by atoms with Crippen molar-refractivity contribution < 1.29 is 17.6 Å². The second-order valence-corrected chi connectivity index (χ2v) is 7.53. The molecule has 2 heterocycles. The zero-order valence-corrected chi connectivity index (χ0v) is 17.2. The third kappa shape index (κ3) is 3.51. The van der Waals surface area contributed by atoms with E-state index in [4.69, 9.17) is 0 Å². The molecule has 5 rings (SSSR count). The van der Waals surface area contributed by atoms with Crippen LogP contribution in [0.25, 0.3) is 39.2 Å². The number of aromatic nitrogens is 4. The zero-order chi connectivity index (χ0) is 23.3. The molecule has 0 amide bonds. The lowest BCUT2D eigenvalue weighted by atomic mass is 10.0. The van der Waals surface area contributed by atoms with Crippen LogP contribution in [0.15, 0.2) is 77.6 Å². The minimum atomic E-state index is -4.69. The Labute approximate surface area is 184 Å². The van der Waals surface area contributed by atoms with Crippen molar-refractivity contribution in [1.82, 2.24) is 19.1 Å². The number of rotatable bonds is 3. The van der Waals surface area contributed by atoms with Crippen LogP contribution in [0.5, 0.6) is 0 Å². The van der Waals surface area contributed by atoms with Gasteiger partial charge in [0.2, 0.25) is 5.82 Å². The smallest absolute Gasteiger partial charge is 0.334 e. The Morgan fingerprint density at radius 2 is 1.55 bits per heavy atom. The van der Waals surface area contributed by atoms with Gasteiger partial charge in [0.1, 0.15) is 5.82 Å². The van der Waals surface area contributed by atoms with Crippen molar-refractivity contribution in [3.63, 3.8) is 0 Å². The van der Waals surface area contributed by atoms with Crippen LogP contribution < -0.4 is 5.69 Å². The fourth-order valence-electron chi connectivity index (χ4n) is 3.85. The van der Waals surface area contributed by atoms with Crippen LogP contribution in [0.2, 0.25) is 0 Å². The third-order valence-electron chi connectivity index (χ3n) is 5.45. The highest BCUT2D eigenvalue weighted by molar-refractivity contribution is 5.87. The van der Waals surface area contributed by atoms with Crippen LogP contribution in [-0.4, -0.2) is 19.1 Å². The van der Waals surface area contributed by atoms with Gasteiger partial charge in [-0.3, -0.25) is 9.13 Å². The Morgan fingerprint density at radius 3 is 2.21 bits per heavy atom. The summed E-state index contributed by atoms with van der Waals surface area (Å²) in [5.74, 6) is -1.66. The van der Waals surface area contributed by atoms with Crippen LogP contribution in [0.1, 0.15) is 5.82 Å². The van der Waals surface area contributed by atoms with Gasteiger partial charge in [0.25, 0.3) is 0 Å². The number of fused-ring (bicyclic) bond motifs is 1. The predicted molar refractivity (Wildman–Crippen MR) is 116 cm³/mol. The highest BCUT2D eigenvalue weighted by Gasteiger charge is 2.36. The first kappa shape index (κ1) is 20.7. The van der Waals surface area contributed by atoms with Crippen LogP contribution in [0, 0.1) is 5.82 Å². The molecule has 0 saturated heterocycles. The number of nitrogens with zero attached hydrogens (tertiary/aromatic N) is 3. The van der Waals surface area contributed by atoms with Crippen LogP contribution in [-0.2, 0) is 13.2 Å². The van der Waals surface area contributed by atoms with E-state index in [1.165, 1.54) is 33.4 Å². The Kier molecular flexibility index (Phi) is 4.70. The summed E-state index contributed by atoms with van der Waals surface area (Å²) in [7, 11) is 1.60. The summed E-state index contributed by atoms with van der Waals surface area (Å²) in [5.41, 5.74) is 2.41. The molecular weight excluding hydrogens is 436 g/mol. The number of benzene rings is 3. The number of halogens is 4. The quantitative estimate of drug-likeness (QED) is 0.365. The Morgan fingerprint density at radius 1 is 0.879 bits per heavy atom. The Hall–Kier alpha value is -4.14. The molecule has 5 aromatic rings. The summed E-state index contributed by atoms with van der Waals surface area (Å²) < 4.78 is 56.6. The fourth-order valence-corrected chi connectivity index (χ4v) is 3.85. The SMILES string of the molecule is Cn1c(=O)n(-c2ccccc2)c2ccc(-c3nc(C(F)(F)F)[nH]c3-c3ccc(F)cc3)cc21. The molecule has 0 saturated carbocycles. The molecule has 5 nitrogen and oxygen atoms in total. The highest BCUT2D eigenvalue weighted by Crippen LogP contribution is 2.36.